The summed E-state index contributed by atoms with van der Waals surface area (Å²) in [5.74, 6) is 0.914. The zero-order chi connectivity index (χ0) is 18.8. The van der Waals surface area contributed by atoms with Crippen LogP contribution in [0.25, 0.3) is 0 Å². The van der Waals surface area contributed by atoms with Gasteiger partial charge in [0.05, 0.1) is 11.1 Å². The van der Waals surface area contributed by atoms with Gasteiger partial charge in [-0.2, -0.15) is 5.10 Å². The summed E-state index contributed by atoms with van der Waals surface area (Å²) in [7, 11) is 0. The first kappa shape index (κ1) is 17.0. The van der Waals surface area contributed by atoms with Gasteiger partial charge in [-0.05, 0) is 36.7 Å². The monoisotopic (exact) mass is 360 g/mol. The van der Waals surface area contributed by atoms with E-state index in [1.165, 1.54) is 40.9 Å². The Kier molecular flexibility index (Phi) is 3.56. The van der Waals surface area contributed by atoms with Crippen LogP contribution in [0.5, 0.6) is 0 Å². The summed E-state index contributed by atoms with van der Waals surface area (Å²) in [5, 5.41) is 8.17. The molecular formula is C24H28N2O. The number of hydrogen-bond donors (Lipinski definition) is 1. The first-order valence-corrected chi connectivity index (χ1v) is 10.3. The molecule has 1 aromatic carbocycles. The molecule has 1 fully saturated rings. The highest BCUT2D eigenvalue weighted by Gasteiger charge is 2.52. The topological polar surface area (TPSA) is 45.8 Å². The van der Waals surface area contributed by atoms with E-state index in [0.29, 0.717) is 18.1 Å². The molecule has 0 aliphatic heterocycles. The molecule has 0 amide bonds. The quantitative estimate of drug-likeness (QED) is 0.815. The van der Waals surface area contributed by atoms with Gasteiger partial charge in [0.1, 0.15) is 0 Å². The lowest BCUT2D eigenvalue weighted by Gasteiger charge is -2.45. The van der Waals surface area contributed by atoms with E-state index in [1.54, 1.807) is 0 Å². The molecule has 3 heteroatoms. The predicted octanol–water partition coefficient (Wildman–Crippen LogP) is 5.23. The molecule has 1 saturated carbocycles. The van der Waals surface area contributed by atoms with Crippen molar-refractivity contribution in [3.63, 3.8) is 0 Å². The molecule has 1 atom stereocenters. The van der Waals surface area contributed by atoms with Crippen LogP contribution in [0.15, 0.2) is 41.5 Å². The first-order chi connectivity index (χ1) is 13.0. The molecule has 0 bridgehead atoms. The van der Waals surface area contributed by atoms with E-state index in [1.807, 2.05) is 0 Å². The number of carbonyl (C=O) groups excluding carboxylic acids is 1. The van der Waals surface area contributed by atoms with Gasteiger partial charge in [-0.1, -0.05) is 56.7 Å². The lowest BCUT2D eigenvalue weighted by Crippen LogP contribution is -2.42. The minimum absolute atomic E-state index is 0.0446. The fraction of sp³-hybridized carbons (Fsp3) is 0.500. The molecule has 27 heavy (non-hydrogen) atoms. The molecule has 1 N–H and O–H groups in total. The van der Waals surface area contributed by atoms with Crippen molar-refractivity contribution in [3.05, 3.63) is 64.0 Å². The molecule has 140 valence electrons. The number of carbonyl (C=O) groups is 1. The van der Waals surface area contributed by atoms with Crippen LogP contribution < -0.4 is 0 Å². The number of aromatic nitrogens is 2. The van der Waals surface area contributed by atoms with Gasteiger partial charge in [-0.3, -0.25) is 9.89 Å². The Hall–Kier alpha value is -2.16. The maximum Gasteiger partial charge on any atom is 0.160 e. The van der Waals surface area contributed by atoms with Gasteiger partial charge in [-0.15, -0.1) is 0 Å². The fourth-order valence-corrected chi connectivity index (χ4v) is 5.70. The third-order valence-corrected chi connectivity index (χ3v) is 6.84. The zero-order valence-electron chi connectivity index (χ0n) is 16.6. The minimum Gasteiger partial charge on any atom is -0.294 e. The van der Waals surface area contributed by atoms with E-state index in [2.05, 4.69) is 56.2 Å². The molecule has 2 aromatic rings. The molecule has 0 spiro atoms. The average molecular weight is 361 g/mol. The second kappa shape index (κ2) is 5.67. The smallest absolute Gasteiger partial charge is 0.160 e. The Morgan fingerprint density at radius 3 is 2.56 bits per heavy atom. The van der Waals surface area contributed by atoms with Crippen molar-refractivity contribution in [1.29, 1.82) is 0 Å². The zero-order valence-corrected chi connectivity index (χ0v) is 16.6. The van der Waals surface area contributed by atoms with Gasteiger partial charge in [0.2, 0.25) is 0 Å². The molecule has 1 heterocycles. The Bertz CT molecular complexity index is 946. The maximum atomic E-state index is 13.5. The summed E-state index contributed by atoms with van der Waals surface area (Å²) >= 11 is 0. The van der Waals surface area contributed by atoms with Crippen molar-refractivity contribution < 1.29 is 4.79 Å². The van der Waals surface area contributed by atoms with E-state index in [0.717, 1.165) is 24.8 Å². The van der Waals surface area contributed by atoms with E-state index in [9.17, 15) is 4.79 Å². The molecule has 3 aliphatic carbocycles. The second-order valence-electron chi connectivity index (χ2n) is 9.46. The number of nitrogens with zero attached hydrogens (tertiary/aromatic N) is 1. The molecule has 1 aromatic heterocycles. The predicted molar refractivity (Wildman–Crippen MR) is 107 cm³/mol. The minimum atomic E-state index is -0.345. The van der Waals surface area contributed by atoms with Crippen LogP contribution >= 0.6 is 0 Å². The summed E-state index contributed by atoms with van der Waals surface area (Å²) < 4.78 is 0. The van der Waals surface area contributed by atoms with Gasteiger partial charge in [0.15, 0.2) is 5.78 Å². The Morgan fingerprint density at radius 2 is 1.89 bits per heavy atom. The van der Waals surface area contributed by atoms with Crippen molar-refractivity contribution >= 4 is 5.78 Å². The average Bonchev–Trinajstić information content (AvgIpc) is 3.39. The van der Waals surface area contributed by atoms with Crippen LogP contribution in [0, 0.1) is 5.41 Å². The molecular weight excluding hydrogens is 332 g/mol. The molecule has 0 saturated heterocycles. The van der Waals surface area contributed by atoms with E-state index in [4.69, 9.17) is 5.10 Å². The van der Waals surface area contributed by atoms with Gasteiger partial charge >= 0.3 is 0 Å². The lowest BCUT2D eigenvalue weighted by atomic mass is 9.56. The van der Waals surface area contributed by atoms with Gasteiger partial charge in [-0.25, -0.2) is 0 Å². The van der Waals surface area contributed by atoms with Gasteiger partial charge in [0, 0.05) is 35.6 Å². The normalized spacial score (nSPS) is 26.7. The second-order valence-corrected chi connectivity index (χ2v) is 9.46. The van der Waals surface area contributed by atoms with Crippen LogP contribution in [-0.4, -0.2) is 16.0 Å². The number of Topliss-reactive ketones (excluding diaryl/α,β-unsaturated/α-hetero) is 1. The number of H-pyrrole nitrogens is 1. The summed E-state index contributed by atoms with van der Waals surface area (Å²) in [6.07, 6.45) is 5.84. The van der Waals surface area contributed by atoms with E-state index >= 15 is 0 Å². The highest BCUT2D eigenvalue weighted by Crippen LogP contribution is 2.56. The lowest BCUT2D eigenvalue weighted by molar-refractivity contribution is -0.118. The number of ketones is 1. The standard InChI is InChI=1S/C24H28N2O/c1-4-24(17-8-6-5-7-9-17)20-16(13-23(2,3)14-19(20)27)12-18-21(24)22(26-25-18)15-10-11-15/h5-9,15H,4,10-14H2,1-3H3,(H,25,26). The number of allylic oxidation sites excluding steroid dienone is 2. The summed E-state index contributed by atoms with van der Waals surface area (Å²) in [6.45, 7) is 6.69. The summed E-state index contributed by atoms with van der Waals surface area (Å²) in [4.78, 5) is 13.5. The Balaban J connectivity index is 1.82. The van der Waals surface area contributed by atoms with Crippen LogP contribution in [0.1, 0.15) is 81.3 Å². The summed E-state index contributed by atoms with van der Waals surface area (Å²) in [5.41, 5.74) is 7.16. The largest absolute Gasteiger partial charge is 0.294 e. The number of rotatable bonds is 3. The Morgan fingerprint density at radius 1 is 1.15 bits per heavy atom. The van der Waals surface area contributed by atoms with Gasteiger partial charge < -0.3 is 0 Å². The number of aromatic amines is 1. The van der Waals surface area contributed by atoms with Crippen LogP contribution in [-0.2, 0) is 16.6 Å². The number of benzene rings is 1. The molecule has 0 radical (unpaired) electrons. The van der Waals surface area contributed by atoms with Gasteiger partial charge in [0.25, 0.3) is 0 Å². The maximum absolute atomic E-state index is 13.5. The highest BCUT2D eigenvalue weighted by atomic mass is 16.1. The summed E-state index contributed by atoms with van der Waals surface area (Å²) in [6, 6.07) is 10.7. The van der Waals surface area contributed by atoms with Crippen molar-refractivity contribution in [2.45, 2.75) is 70.6 Å². The molecule has 1 unspecified atom stereocenters. The van der Waals surface area contributed by atoms with E-state index in [-0.39, 0.29) is 10.8 Å². The van der Waals surface area contributed by atoms with Crippen molar-refractivity contribution in [1.82, 2.24) is 10.2 Å². The third-order valence-electron chi connectivity index (χ3n) is 6.84. The van der Waals surface area contributed by atoms with Crippen molar-refractivity contribution in [2.24, 2.45) is 5.41 Å². The number of nitrogens with one attached hydrogen (secondary N) is 1. The third kappa shape index (κ3) is 2.40. The molecule has 5 rings (SSSR count). The van der Waals surface area contributed by atoms with E-state index < -0.39 is 0 Å². The Labute approximate surface area is 161 Å². The van der Waals surface area contributed by atoms with Crippen molar-refractivity contribution in [2.75, 3.05) is 0 Å². The van der Waals surface area contributed by atoms with Crippen molar-refractivity contribution in [3.8, 4) is 0 Å². The van der Waals surface area contributed by atoms with Crippen LogP contribution in [0.4, 0.5) is 0 Å². The highest BCUT2D eigenvalue weighted by molar-refractivity contribution is 6.01. The number of hydrogen-bond acceptors (Lipinski definition) is 2. The molecule has 3 nitrogen and oxygen atoms in total. The first-order valence-electron chi connectivity index (χ1n) is 10.3. The van der Waals surface area contributed by atoms with Crippen LogP contribution in [0.2, 0.25) is 0 Å². The van der Waals surface area contributed by atoms with Crippen LogP contribution in [0.3, 0.4) is 0 Å². The molecule has 3 aliphatic rings. The SMILES string of the molecule is CCC1(c2ccccc2)C2=C(Cc3[nH]nc(C4CC4)c31)CC(C)(C)CC2=O. The fourth-order valence-electron chi connectivity index (χ4n) is 5.70. The number of fused-ring (bicyclic) bond motifs is 1.